The standard InChI is InChI=1S/C13H9FN2O2/c1-2-18-13(17)12(10(7-15)8-16)9-3-5-11(14)6-4-9/h3-6H,2H2,1H3. The minimum Gasteiger partial charge on any atom is -0.462 e. The maximum Gasteiger partial charge on any atom is 0.340 e. The Labute approximate surface area is 104 Å². The zero-order valence-corrected chi connectivity index (χ0v) is 9.61. The van der Waals surface area contributed by atoms with Gasteiger partial charge in [0.2, 0.25) is 0 Å². The van der Waals surface area contributed by atoms with Crippen molar-refractivity contribution in [2.24, 2.45) is 0 Å². The van der Waals surface area contributed by atoms with Crippen LogP contribution in [-0.2, 0) is 9.53 Å². The average molecular weight is 244 g/mol. The largest absolute Gasteiger partial charge is 0.462 e. The summed E-state index contributed by atoms with van der Waals surface area (Å²) in [5.41, 5.74) is -0.241. The van der Waals surface area contributed by atoms with Crippen molar-refractivity contribution >= 4 is 11.5 Å². The van der Waals surface area contributed by atoms with Gasteiger partial charge in [-0.05, 0) is 24.6 Å². The molecular weight excluding hydrogens is 235 g/mol. The summed E-state index contributed by atoms with van der Waals surface area (Å²) in [4.78, 5) is 11.7. The SMILES string of the molecule is CCOC(=O)C(=C(C#N)C#N)c1ccc(F)cc1. The minimum atomic E-state index is -0.776. The van der Waals surface area contributed by atoms with Gasteiger partial charge in [-0.2, -0.15) is 10.5 Å². The molecule has 0 aliphatic heterocycles. The van der Waals surface area contributed by atoms with Crippen LogP contribution in [0.5, 0.6) is 0 Å². The second kappa shape index (κ2) is 6.17. The third-order valence-electron chi connectivity index (χ3n) is 2.09. The molecule has 1 rings (SSSR count). The number of halogens is 1. The van der Waals surface area contributed by atoms with Crippen LogP contribution in [-0.4, -0.2) is 12.6 Å². The van der Waals surface area contributed by atoms with Gasteiger partial charge >= 0.3 is 5.97 Å². The number of ether oxygens (including phenoxy) is 1. The lowest BCUT2D eigenvalue weighted by molar-refractivity contribution is -0.136. The lowest BCUT2D eigenvalue weighted by Gasteiger charge is -2.06. The average Bonchev–Trinajstić information content (AvgIpc) is 2.37. The molecule has 0 unspecified atom stereocenters. The van der Waals surface area contributed by atoms with Crippen molar-refractivity contribution in [2.75, 3.05) is 6.61 Å². The maximum absolute atomic E-state index is 12.8. The Hall–Kier alpha value is -2.66. The van der Waals surface area contributed by atoms with Gasteiger partial charge in [0, 0.05) is 0 Å². The summed E-state index contributed by atoms with van der Waals surface area (Å²) in [5, 5.41) is 17.6. The van der Waals surface area contributed by atoms with E-state index in [0.717, 1.165) is 12.1 Å². The summed E-state index contributed by atoms with van der Waals surface area (Å²) < 4.78 is 17.6. The third-order valence-corrected chi connectivity index (χ3v) is 2.09. The first kappa shape index (κ1) is 13.4. The summed E-state index contributed by atoms with van der Waals surface area (Å²) in [5.74, 6) is -1.25. The molecule has 1 aromatic rings. The molecule has 0 bridgehead atoms. The van der Waals surface area contributed by atoms with E-state index in [0.29, 0.717) is 0 Å². The van der Waals surface area contributed by atoms with Crippen LogP contribution in [0.3, 0.4) is 0 Å². The van der Waals surface area contributed by atoms with Gasteiger partial charge in [-0.1, -0.05) is 12.1 Å². The number of benzene rings is 1. The van der Waals surface area contributed by atoms with Gasteiger partial charge in [-0.15, -0.1) is 0 Å². The normalized spacial score (nSPS) is 8.89. The Kier molecular flexibility index (Phi) is 4.59. The van der Waals surface area contributed by atoms with E-state index in [1.807, 2.05) is 0 Å². The second-order valence-electron chi connectivity index (χ2n) is 3.20. The Morgan fingerprint density at radius 2 is 1.83 bits per heavy atom. The third kappa shape index (κ3) is 2.93. The Morgan fingerprint density at radius 3 is 2.28 bits per heavy atom. The van der Waals surface area contributed by atoms with Crippen molar-refractivity contribution in [2.45, 2.75) is 6.92 Å². The van der Waals surface area contributed by atoms with E-state index in [9.17, 15) is 9.18 Å². The molecule has 18 heavy (non-hydrogen) atoms. The first-order valence-electron chi connectivity index (χ1n) is 5.11. The van der Waals surface area contributed by atoms with Gasteiger partial charge in [-0.25, -0.2) is 9.18 Å². The second-order valence-corrected chi connectivity index (χ2v) is 3.20. The Morgan fingerprint density at radius 1 is 1.28 bits per heavy atom. The van der Waals surface area contributed by atoms with Crippen LogP contribution >= 0.6 is 0 Å². The number of esters is 1. The van der Waals surface area contributed by atoms with Gasteiger partial charge in [-0.3, -0.25) is 0 Å². The molecule has 0 saturated carbocycles. The summed E-state index contributed by atoms with van der Waals surface area (Å²) >= 11 is 0. The molecule has 0 saturated heterocycles. The molecule has 0 fully saturated rings. The molecule has 1 aromatic carbocycles. The molecule has 0 aliphatic rings. The monoisotopic (exact) mass is 244 g/mol. The predicted octanol–water partition coefficient (Wildman–Crippen LogP) is 2.19. The van der Waals surface area contributed by atoms with Gasteiger partial charge < -0.3 is 4.74 Å². The maximum atomic E-state index is 12.8. The summed E-state index contributed by atoms with van der Waals surface area (Å²) in [6.07, 6.45) is 0. The van der Waals surface area contributed by atoms with Crippen molar-refractivity contribution in [1.82, 2.24) is 0 Å². The quantitative estimate of drug-likeness (QED) is 0.464. The molecule has 0 spiro atoms. The fourth-order valence-corrected chi connectivity index (χ4v) is 1.32. The molecule has 0 radical (unpaired) electrons. The zero-order chi connectivity index (χ0) is 13.5. The fraction of sp³-hybridized carbons (Fsp3) is 0.154. The number of allylic oxidation sites excluding steroid dienone is 1. The van der Waals surface area contributed by atoms with Crippen molar-refractivity contribution in [3.63, 3.8) is 0 Å². The topological polar surface area (TPSA) is 73.9 Å². The summed E-state index contributed by atoms with van der Waals surface area (Å²) in [6, 6.07) is 8.17. The smallest absolute Gasteiger partial charge is 0.340 e. The highest BCUT2D eigenvalue weighted by molar-refractivity contribution is 6.19. The minimum absolute atomic E-state index is 0.119. The molecule has 0 aromatic heterocycles. The van der Waals surface area contributed by atoms with E-state index < -0.39 is 11.8 Å². The number of nitriles is 2. The number of hydrogen-bond acceptors (Lipinski definition) is 4. The number of carbonyl (C=O) groups excluding carboxylic acids is 1. The highest BCUT2D eigenvalue weighted by Crippen LogP contribution is 2.20. The highest BCUT2D eigenvalue weighted by Gasteiger charge is 2.19. The van der Waals surface area contributed by atoms with Crippen molar-refractivity contribution in [1.29, 1.82) is 10.5 Å². The Bertz CT molecular complexity index is 546. The fourth-order valence-electron chi connectivity index (χ4n) is 1.32. The van der Waals surface area contributed by atoms with Crippen LogP contribution in [0.15, 0.2) is 29.8 Å². The molecule has 0 atom stereocenters. The van der Waals surface area contributed by atoms with Crippen LogP contribution in [0.25, 0.3) is 5.57 Å². The number of rotatable bonds is 3. The van der Waals surface area contributed by atoms with E-state index in [2.05, 4.69) is 0 Å². The van der Waals surface area contributed by atoms with Crippen LogP contribution in [0.4, 0.5) is 4.39 Å². The van der Waals surface area contributed by atoms with Gasteiger partial charge in [0.25, 0.3) is 0 Å². The molecule has 5 heteroatoms. The lowest BCUT2D eigenvalue weighted by Crippen LogP contribution is -2.09. The molecule has 0 aliphatic carbocycles. The van der Waals surface area contributed by atoms with Crippen LogP contribution in [0, 0.1) is 28.5 Å². The summed E-state index contributed by atoms with van der Waals surface area (Å²) in [6.45, 7) is 1.73. The van der Waals surface area contributed by atoms with E-state index in [-0.39, 0.29) is 23.3 Å². The molecule has 0 amide bonds. The number of nitrogens with zero attached hydrogens (tertiary/aromatic N) is 2. The zero-order valence-electron chi connectivity index (χ0n) is 9.61. The number of carbonyl (C=O) groups is 1. The van der Waals surface area contributed by atoms with Gasteiger partial charge in [0.05, 0.1) is 12.2 Å². The van der Waals surface area contributed by atoms with Crippen LogP contribution in [0.1, 0.15) is 12.5 Å². The van der Waals surface area contributed by atoms with Crippen LogP contribution in [0.2, 0.25) is 0 Å². The molecule has 0 heterocycles. The molecule has 4 nitrogen and oxygen atoms in total. The molecule has 0 N–H and O–H groups in total. The summed E-state index contributed by atoms with van der Waals surface area (Å²) in [7, 11) is 0. The highest BCUT2D eigenvalue weighted by atomic mass is 19.1. The van der Waals surface area contributed by atoms with E-state index >= 15 is 0 Å². The first-order valence-corrected chi connectivity index (χ1v) is 5.11. The Balaban J connectivity index is 3.36. The number of hydrogen-bond donors (Lipinski definition) is 0. The van der Waals surface area contributed by atoms with E-state index in [4.69, 9.17) is 15.3 Å². The van der Waals surface area contributed by atoms with E-state index in [1.54, 1.807) is 19.1 Å². The van der Waals surface area contributed by atoms with Crippen molar-refractivity contribution in [3.8, 4) is 12.1 Å². The van der Waals surface area contributed by atoms with Crippen LogP contribution < -0.4 is 0 Å². The van der Waals surface area contributed by atoms with Crippen molar-refractivity contribution < 1.29 is 13.9 Å². The van der Waals surface area contributed by atoms with Crippen molar-refractivity contribution in [3.05, 3.63) is 41.2 Å². The van der Waals surface area contributed by atoms with Gasteiger partial charge in [0.15, 0.2) is 0 Å². The van der Waals surface area contributed by atoms with E-state index in [1.165, 1.54) is 12.1 Å². The first-order chi connectivity index (χ1) is 8.63. The van der Waals surface area contributed by atoms with Gasteiger partial charge in [0.1, 0.15) is 23.5 Å². The molecular formula is C13H9FN2O2. The molecule has 90 valence electrons. The predicted molar refractivity (Wildman–Crippen MR) is 61.2 cm³/mol. The lowest BCUT2D eigenvalue weighted by atomic mass is 10.0.